The number of nitro groups is 1. The number of rotatable bonds is 5. The molecule has 6 heteroatoms. The molecule has 1 aromatic rings. The molecule has 1 atom stereocenters. The predicted octanol–water partition coefficient (Wildman–Crippen LogP) is 1.97. The topological polar surface area (TPSA) is 78.0 Å². The van der Waals surface area contributed by atoms with Gasteiger partial charge in [-0.05, 0) is 20.3 Å². The molecule has 0 amide bonds. The van der Waals surface area contributed by atoms with Crippen molar-refractivity contribution in [1.29, 1.82) is 0 Å². The van der Waals surface area contributed by atoms with Crippen molar-refractivity contribution >= 4 is 11.5 Å². The molecule has 0 spiro atoms. The Labute approximate surface area is 99.8 Å². The van der Waals surface area contributed by atoms with Crippen LogP contribution in [0.3, 0.4) is 0 Å². The van der Waals surface area contributed by atoms with E-state index in [0.29, 0.717) is 17.8 Å². The Morgan fingerprint density at radius 3 is 2.59 bits per heavy atom. The second-order valence-electron chi connectivity index (χ2n) is 4.14. The zero-order valence-electron chi connectivity index (χ0n) is 10.6. The predicted molar refractivity (Wildman–Crippen MR) is 63.0 cm³/mol. The lowest BCUT2D eigenvalue weighted by Crippen LogP contribution is -2.11. The fourth-order valence-corrected chi connectivity index (χ4v) is 1.87. The number of hydrogen-bond acceptors (Lipinski definition) is 4. The minimum absolute atomic E-state index is 0.00273. The maximum absolute atomic E-state index is 11.4. The Hall–Kier alpha value is -1.72. The number of aromatic nitrogens is 2. The van der Waals surface area contributed by atoms with Crippen LogP contribution >= 0.6 is 0 Å². The maximum Gasteiger partial charge on any atom is 0.314 e. The van der Waals surface area contributed by atoms with E-state index < -0.39 is 10.8 Å². The fraction of sp³-hybridized carbons (Fsp3) is 0.636. The van der Waals surface area contributed by atoms with Gasteiger partial charge in [-0.15, -0.1) is 0 Å². The summed E-state index contributed by atoms with van der Waals surface area (Å²) in [4.78, 5) is 22.0. The third-order valence-corrected chi connectivity index (χ3v) is 2.82. The van der Waals surface area contributed by atoms with Crippen LogP contribution in [0.5, 0.6) is 0 Å². The van der Waals surface area contributed by atoms with E-state index in [9.17, 15) is 14.9 Å². The minimum Gasteiger partial charge on any atom is -0.299 e. The summed E-state index contributed by atoms with van der Waals surface area (Å²) in [6.45, 7) is 5.04. The van der Waals surface area contributed by atoms with E-state index in [0.717, 1.165) is 6.42 Å². The zero-order valence-corrected chi connectivity index (χ0v) is 10.6. The Bertz CT molecular complexity index is 451. The van der Waals surface area contributed by atoms with Gasteiger partial charge in [-0.3, -0.25) is 19.6 Å². The number of aryl methyl sites for hydroxylation is 2. The highest BCUT2D eigenvalue weighted by Gasteiger charge is 2.31. The van der Waals surface area contributed by atoms with Gasteiger partial charge in [-0.1, -0.05) is 13.3 Å². The van der Waals surface area contributed by atoms with E-state index in [2.05, 4.69) is 5.10 Å². The van der Waals surface area contributed by atoms with Crippen molar-refractivity contribution in [1.82, 2.24) is 9.78 Å². The number of hydrogen-bond donors (Lipinski definition) is 0. The third kappa shape index (κ3) is 2.51. The highest BCUT2D eigenvalue weighted by Crippen LogP contribution is 2.30. The summed E-state index contributed by atoms with van der Waals surface area (Å²) in [6.07, 6.45) is 1.33. The van der Waals surface area contributed by atoms with E-state index in [1.807, 2.05) is 6.92 Å². The SMILES string of the molecule is CCCc1nn(C)c(C(C)C(C)=O)c1[N+](=O)[O-]. The molecule has 17 heavy (non-hydrogen) atoms. The van der Waals surface area contributed by atoms with Crippen LogP contribution in [0, 0.1) is 10.1 Å². The maximum atomic E-state index is 11.4. The summed E-state index contributed by atoms with van der Waals surface area (Å²) in [5.41, 5.74) is 0.853. The monoisotopic (exact) mass is 239 g/mol. The molecule has 0 saturated carbocycles. The van der Waals surface area contributed by atoms with Gasteiger partial charge in [-0.2, -0.15) is 5.10 Å². The molecule has 0 bridgehead atoms. The first-order valence-corrected chi connectivity index (χ1v) is 5.60. The Kier molecular flexibility index (Phi) is 3.98. The molecule has 0 saturated heterocycles. The zero-order chi connectivity index (χ0) is 13.2. The van der Waals surface area contributed by atoms with Crippen molar-refractivity contribution < 1.29 is 9.72 Å². The Morgan fingerprint density at radius 1 is 1.59 bits per heavy atom. The molecule has 0 aliphatic carbocycles. The van der Waals surface area contributed by atoms with E-state index in [1.54, 1.807) is 14.0 Å². The first-order valence-electron chi connectivity index (χ1n) is 5.60. The normalized spacial score (nSPS) is 12.5. The van der Waals surface area contributed by atoms with Crippen molar-refractivity contribution in [2.24, 2.45) is 7.05 Å². The lowest BCUT2D eigenvalue weighted by Gasteiger charge is -2.06. The summed E-state index contributed by atoms with van der Waals surface area (Å²) in [5.74, 6) is -0.599. The van der Waals surface area contributed by atoms with Crippen LogP contribution in [0.25, 0.3) is 0 Å². The molecule has 0 radical (unpaired) electrons. The molecule has 0 aliphatic rings. The van der Waals surface area contributed by atoms with E-state index in [-0.39, 0.29) is 11.5 Å². The third-order valence-electron chi connectivity index (χ3n) is 2.82. The summed E-state index contributed by atoms with van der Waals surface area (Å²) in [6, 6.07) is 0. The number of carbonyl (C=O) groups excluding carboxylic acids is 1. The average molecular weight is 239 g/mol. The second kappa shape index (κ2) is 5.07. The van der Waals surface area contributed by atoms with Crippen molar-refractivity contribution in [2.75, 3.05) is 0 Å². The molecular weight excluding hydrogens is 222 g/mol. The number of ketones is 1. The molecule has 6 nitrogen and oxygen atoms in total. The molecule has 0 N–H and O–H groups in total. The lowest BCUT2D eigenvalue weighted by atomic mass is 10.0. The quantitative estimate of drug-likeness (QED) is 0.581. The number of Topliss-reactive ketones (excluding diaryl/α,β-unsaturated/α-hetero) is 1. The molecule has 1 rings (SSSR count). The molecule has 1 unspecified atom stereocenters. The van der Waals surface area contributed by atoms with E-state index >= 15 is 0 Å². The molecule has 0 aromatic carbocycles. The highest BCUT2D eigenvalue weighted by atomic mass is 16.6. The van der Waals surface area contributed by atoms with Gasteiger partial charge in [-0.25, -0.2) is 0 Å². The first-order chi connectivity index (χ1) is 7.90. The van der Waals surface area contributed by atoms with Crippen molar-refractivity contribution in [2.45, 2.75) is 39.5 Å². The van der Waals surface area contributed by atoms with Crippen molar-refractivity contribution in [3.8, 4) is 0 Å². The lowest BCUT2D eigenvalue weighted by molar-refractivity contribution is -0.386. The van der Waals surface area contributed by atoms with Crippen LogP contribution in [0.4, 0.5) is 5.69 Å². The van der Waals surface area contributed by atoms with Gasteiger partial charge in [0, 0.05) is 7.05 Å². The Morgan fingerprint density at radius 2 is 2.18 bits per heavy atom. The van der Waals surface area contributed by atoms with E-state index in [1.165, 1.54) is 11.6 Å². The second-order valence-corrected chi connectivity index (χ2v) is 4.14. The number of carbonyl (C=O) groups is 1. The summed E-state index contributed by atoms with van der Waals surface area (Å²) in [5, 5.41) is 15.2. The van der Waals surface area contributed by atoms with Gasteiger partial charge in [0.05, 0.1) is 10.8 Å². The summed E-state index contributed by atoms with van der Waals surface area (Å²) in [7, 11) is 1.64. The van der Waals surface area contributed by atoms with Gasteiger partial charge in [0.2, 0.25) is 0 Å². The standard InChI is InChI=1S/C11H17N3O3/c1-5-6-9-11(14(16)17)10(13(4)12-9)7(2)8(3)15/h7H,5-6H2,1-4H3. The van der Waals surface area contributed by atoms with Gasteiger partial charge in [0.25, 0.3) is 0 Å². The molecular formula is C11H17N3O3. The first kappa shape index (κ1) is 13.3. The minimum atomic E-state index is -0.501. The fourth-order valence-electron chi connectivity index (χ4n) is 1.87. The van der Waals surface area contributed by atoms with Gasteiger partial charge in [0.1, 0.15) is 17.2 Å². The van der Waals surface area contributed by atoms with Crippen LogP contribution in [0.2, 0.25) is 0 Å². The highest BCUT2D eigenvalue weighted by molar-refractivity contribution is 5.83. The molecule has 1 aromatic heterocycles. The van der Waals surface area contributed by atoms with Crippen molar-refractivity contribution in [3.05, 3.63) is 21.5 Å². The molecule has 0 aliphatic heterocycles. The largest absolute Gasteiger partial charge is 0.314 e. The van der Waals surface area contributed by atoms with Gasteiger partial charge >= 0.3 is 5.69 Å². The van der Waals surface area contributed by atoms with Crippen LogP contribution in [-0.4, -0.2) is 20.5 Å². The molecule has 94 valence electrons. The van der Waals surface area contributed by atoms with Crippen molar-refractivity contribution in [3.63, 3.8) is 0 Å². The summed E-state index contributed by atoms with van der Waals surface area (Å²) < 4.78 is 1.45. The van der Waals surface area contributed by atoms with E-state index in [4.69, 9.17) is 0 Å². The average Bonchev–Trinajstić information content (AvgIpc) is 2.54. The smallest absolute Gasteiger partial charge is 0.299 e. The Balaban J connectivity index is 3.37. The van der Waals surface area contributed by atoms with Crippen LogP contribution in [0.1, 0.15) is 44.5 Å². The van der Waals surface area contributed by atoms with Gasteiger partial charge < -0.3 is 0 Å². The van der Waals surface area contributed by atoms with Crippen LogP contribution in [0.15, 0.2) is 0 Å². The molecule has 1 heterocycles. The van der Waals surface area contributed by atoms with Crippen LogP contribution < -0.4 is 0 Å². The summed E-state index contributed by atoms with van der Waals surface area (Å²) >= 11 is 0. The molecule has 0 fully saturated rings. The van der Waals surface area contributed by atoms with Crippen LogP contribution in [-0.2, 0) is 18.3 Å². The number of nitrogens with zero attached hydrogens (tertiary/aromatic N) is 3. The van der Waals surface area contributed by atoms with Gasteiger partial charge in [0.15, 0.2) is 0 Å².